The van der Waals surface area contributed by atoms with E-state index in [2.05, 4.69) is 25.6 Å². The van der Waals surface area contributed by atoms with Crippen LogP contribution in [0.5, 0.6) is 0 Å². The van der Waals surface area contributed by atoms with Gasteiger partial charge in [0, 0.05) is 29.8 Å². The maximum absolute atomic E-state index is 11.8. The zero-order valence-corrected chi connectivity index (χ0v) is 10.6. The Kier molecular flexibility index (Phi) is 3.28. The van der Waals surface area contributed by atoms with Crippen LogP contribution in [0.15, 0.2) is 49.1 Å². The van der Waals surface area contributed by atoms with Gasteiger partial charge in [-0.25, -0.2) is 4.79 Å². The molecule has 0 atom stereocenters. The van der Waals surface area contributed by atoms with Crippen LogP contribution < -0.4 is 10.6 Å². The van der Waals surface area contributed by atoms with Crippen molar-refractivity contribution in [3.8, 4) is 0 Å². The summed E-state index contributed by atoms with van der Waals surface area (Å²) in [6, 6.07) is 7.40. The summed E-state index contributed by atoms with van der Waals surface area (Å²) in [5.41, 5.74) is 2.43. The molecule has 3 N–H and O–H groups in total. The summed E-state index contributed by atoms with van der Waals surface area (Å²) in [5, 5.41) is 6.61. The molecule has 0 aliphatic carbocycles. The summed E-state index contributed by atoms with van der Waals surface area (Å²) in [6.45, 7) is 0.338. The van der Waals surface area contributed by atoms with E-state index in [0.29, 0.717) is 12.2 Å². The summed E-state index contributed by atoms with van der Waals surface area (Å²) in [7, 11) is 0. The molecule has 2 aromatic heterocycles. The number of aromatic nitrogens is 3. The second-order valence-corrected chi connectivity index (χ2v) is 4.28. The third kappa shape index (κ3) is 2.74. The third-order valence-corrected chi connectivity index (χ3v) is 2.86. The average molecular weight is 267 g/mol. The van der Waals surface area contributed by atoms with Crippen molar-refractivity contribution in [2.75, 3.05) is 5.32 Å². The molecule has 2 heterocycles. The van der Waals surface area contributed by atoms with Gasteiger partial charge in [0.05, 0.1) is 18.4 Å². The Morgan fingerprint density at radius 2 is 2.20 bits per heavy atom. The molecule has 20 heavy (non-hydrogen) atoms. The van der Waals surface area contributed by atoms with Gasteiger partial charge in [0.15, 0.2) is 0 Å². The van der Waals surface area contributed by atoms with Gasteiger partial charge < -0.3 is 15.6 Å². The number of urea groups is 1. The predicted molar refractivity (Wildman–Crippen MR) is 76.2 cm³/mol. The number of anilines is 1. The number of hydrogen-bond donors (Lipinski definition) is 3. The van der Waals surface area contributed by atoms with E-state index >= 15 is 0 Å². The number of fused-ring (bicyclic) bond motifs is 1. The van der Waals surface area contributed by atoms with E-state index in [1.807, 2.05) is 30.5 Å². The number of nitrogens with zero attached hydrogens (tertiary/aromatic N) is 2. The summed E-state index contributed by atoms with van der Waals surface area (Å²) < 4.78 is 0. The molecule has 6 heteroatoms. The Labute approximate surface area is 115 Å². The molecule has 3 rings (SSSR count). The summed E-state index contributed by atoms with van der Waals surface area (Å²) in [4.78, 5) is 22.9. The molecular weight excluding hydrogens is 254 g/mol. The molecule has 0 spiro atoms. The fourth-order valence-corrected chi connectivity index (χ4v) is 1.89. The topological polar surface area (TPSA) is 82.7 Å². The predicted octanol–water partition coefficient (Wildman–Crippen LogP) is 2.28. The molecule has 0 fully saturated rings. The molecule has 0 aliphatic rings. The molecule has 0 saturated carbocycles. The standard InChI is InChI=1S/C14H13N5O/c20-14(18-9-12-8-15-5-6-16-12)19-11-2-1-10-3-4-17-13(10)7-11/h1-8,17H,9H2,(H2,18,19,20). The SMILES string of the molecule is O=C(NCc1cnccn1)Nc1ccc2cc[nH]c2c1. The van der Waals surface area contributed by atoms with Crippen LogP contribution in [0.4, 0.5) is 10.5 Å². The van der Waals surface area contributed by atoms with Crippen LogP contribution in [0, 0.1) is 0 Å². The highest BCUT2D eigenvalue weighted by atomic mass is 16.2. The van der Waals surface area contributed by atoms with Gasteiger partial charge in [-0.05, 0) is 23.6 Å². The number of H-pyrrole nitrogens is 1. The van der Waals surface area contributed by atoms with Gasteiger partial charge in [-0.2, -0.15) is 0 Å². The number of carbonyl (C=O) groups is 1. The molecule has 0 unspecified atom stereocenters. The van der Waals surface area contributed by atoms with Crippen LogP contribution in [0.3, 0.4) is 0 Å². The van der Waals surface area contributed by atoms with E-state index in [-0.39, 0.29) is 6.03 Å². The number of carbonyl (C=O) groups excluding carboxylic acids is 1. The average Bonchev–Trinajstić information content (AvgIpc) is 2.94. The maximum Gasteiger partial charge on any atom is 0.319 e. The van der Waals surface area contributed by atoms with Crippen LogP contribution in [-0.2, 0) is 6.54 Å². The highest BCUT2D eigenvalue weighted by molar-refractivity contribution is 5.92. The zero-order valence-electron chi connectivity index (χ0n) is 10.6. The lowest BCUT2D eigenvalue weighted by molar-refractivity contribution is 0.251. The van der Waals surface area contributed by atoms with Crippen molar-refractivity contribution in [3.05, 3.63) is 54.7 Å². The Bertz CT molecular complexity index is 723. The Morgan fingerprint density at radius 3 is 3.05 bits per heavy atom. The number of hydrogen-bond acceptors (Lipinski definition) is 3. The highest BCUT2D eigenvalue weighted by Crippen LogP contribution is 2.17. The van der Waals surface area contributed by atoms with Crippen LogP contribution in [0.1, 0.15) is 5.69 Å². The van der Waals surface area contributed by atoms with Crippen LogP contribution in [-0.4, -0.2) is 21.0 Å². The van der Waals surface area contributed by atoms with Gasteiger partial charge >= 0.3 is 6.03 Å². The minimum atomic E-state index is -0.276. The molecular formula is C14H13N5O. The van der Waals surface area contributed by atoms with E-state index < -0.39 is 0 Å². The van der Waals surface area contributed by atoms with Crippen molar-refractivity contribution in [1.29, 1.82) is 0 Å². The van der Waals surface area contributed by atoms with Gasteiger partial charge in [-0.1, -0.05) is 6.07 Å². The molecule has 0 radical (unpaired) electrons. The summed E-state index contributed by atoms with van der Waals surface area (Å²) in [6.07, 6.45) is 6.66. The minimum Gasteiger partial charge on any atom is -0.361 e. The lowest BCUT2D eigenvalue weighted by Crippen LogP contribution is -2.28. The molecule has 0 bridgehead atoms. The second kappa shape index (κ2) is 5.40. The Hall–Kier alpha value is -2.89. The third-order valence-electron chi connectivity index (χ3n) is 2.86. The van der Waals surface area contributed by atoms with Crippen molar-refractivity contribution < 1.29 is 4.79 Å². The number of nitrogens with one attached hydrogen (secondary N) is 3. The van der Waals surface area contributed by atoms with Gasteiger partial charge in [-0.3, -0.25) is 9.97 Å². The van der Waals surface area contributed by atoms with E-state index in [1.54, 1.807) is 18.6 Å². The van der Waals surface area contributed by atoms with E-state index in [0.717, 1.165) is 16.6 Å². The van der Waals surface area contributed by atoms with Crippen molar-refractivity contribution in [1.82, 2.24) is 20.3 Å². The molecule has 100 valence electrons. The lowest BCUT2D eigenvalue weighted by atomic mass is 10.2. The maximum atomic E-state index is 11.8. The van der Waals surface area contributed by atoms with Gasteiger partial charge in [0.1, 0.15) is 0 Å². The van der Waals surface area contributed by atoms with Crippen LogP contribution in [0.2, 0.25) is 0 Å². The highest BCUT2D eigenvalue weighted by Gasteiger charge is 2.03. The minimum absolute atomic E-state index is 0.276. The van der Waals surface area contributed by atoms with Gasteiger partial charge in [0.2, 0.25) is 0 Å². The first-order valence-electron chi connectivity index (χ1n) is 6.18. The van der Waals surface area contributed by atoms with E-state index in [1.165, 1.54) is 0 Å². The van der Waals surface area contributed by atoms with Crippen LogP contribution in [0.25, 0.3) is 10.9 Å². The molecule has 0 saturated heterocycles. The smallest absolute Gasteiger partial charge is 0.319 e. The van der Waals surface area contributed by atoms with Crippen molar-refractivity contribution >= 4 is 22.6 Å². The normalized spacial score (nSPS) is 10.4. The molecule has 2 amide bonds. The largest absolute Gasteiger partial charge is 0.361 e. The van der Waals surface area contributed by atoms with Crippen molar-refractivity contribution in [2.24, 2.45) is 0 Å². The number of amides is 2. The fraction of sp³-hybridized carbons (Fsp3) is 0.0714. The monoisotopic (exact) mass is 267 g/mol. The first-order chi connectivity index (χ1) is 9.81. The fourth-order valence-electron chi connectivity index (χ4n) is 1.89. The first-order valence-corrected chi connectivity index (χ1v) is 6.18. The Balaban J connectivity index is 1.61. The quantitative estimate of drug-likeness (QED) is 0.680. The first kappa shape index (κ1) is 12.2. The van der Waals surface area contributed by atoms with Gasteiger partial charge in [0.25, 0.3) is 0 Å². The lowest BCUT2D eigenvalue weighted by Gasteiger charge is -2.07. The number of rotatable bonds is 3. The van der Waals surface area contributed by atoms with Crippen LogP contribution >= 0.6 is 0 Å². The molecule has 6 nitrogen and oxygen atoms in total. The number of aromatic amines is 1. The second-order valence-electron chi connectivity index (χ2n) is 4.28. The number of benzene rings is 1. The van der Waals surface area contributed by atoms with E-state index in [4.69, 9.17) is 0 Å². The summed E-state index contributed by atoms with van der Waals surface area (Å²) in [5.74, 6) is 0. The van der Waals surface area contributed by atoms with Gasteiger partial charge in [-0.15, -0.1) is 0 Å². The molecule has 1 aromatic carbocycles. The molecule has 0 aliphatic heterocycles. The van der Waals surface area contributed by atoms with Crippen molar-refractivity contribution in [2.45, 2.75) is 6.54 Å². The zero-order chi connectivity index (χ0) is 13.8. The van der Waals surface area contributed by atoms with E-state index in [9.17, 15) is 4.79 Å². The van der Waals surface area contributed by atoms with Crippen molar-refractivity contribution in [3.63, 3.8) is 0 Å². The summed E-state index contributed by atoms with van der Waals surface area (Å²) >= 11 is 0. The molecule has 3 aromatic rings. The Morgan fingerprint density at radius 1 is 1.25 bits per heavy atom.